The van der Waals surface area contributed by atoms with Crippen LogP contribution in [0.2, 0.25) is 0 Å². The maximum atomic E-state index is 3.67. The van der Waals surface area contributed by atoms with Gasteiger partial charge < -0.3 is 5.32 Å². The Bertz CT molecular complexity index is 348. The second-order valence-corrected chi connectivity index (χ2v) is 5.46. The number of fused-ring (bicyclic) bond motifs is 1. The van der Waals surface area contributed by atoms with E-state index in [1.165, 1.54) is 28.4 Å². The van der Waals surface area contributed by atoms with Crippen molar-refractivity contribution in [2.24, 2.45) is 5.92 Å². The van der Waals surface area contributed by atoms with Crippen LogP contribution in [0.15, 0.2) is 22.7 Å². The molecule has 0 saturated carbocycles. The molecule has 15 heavy (non-hydrogen) atoms. The van der Waals surface area contributed by atoms with Crippen molar-refractivity contribution in [3.63, 3.8) is 0 Å². The van der Waals surface area contributed by atoms with Crippen LogP contribution in [0.25, 0.3) is 0 Å². The van der Waals surface area contributed by atoms with Gasteiger partial charge in [0.1, 0.15) is 0 Å². The quantitative estimate of drug-likeness (QED) is 0.867. The van der Waals surface area contributed by atoms with E-state index in [1.54, 1.807) is 0 Å². The fraction of sp³-hybridized carbons (Fsp3) is 0.538. The summed E-state index contributed by atoms with van der Waals surface area (Å²) in [5.41, 5.74) is 3.06. The van der Waals surface area contributed by atoms with Crippen LogP contribution in [0, 0.1) is 5.92 Å². The second-order valence-electron chi connectivity index (χ2n) is 4.61. The Morgan fingerprint density at radius 1 is 1.47 bits per heavy atom. The molecular formula is C13H18BrN. The number of likely N-dealkylation sites (N-methyl/N-ethyl adjacent to an activating group) is 1. The number of hydrogen-bond donors (Lipinski definition) is 1. The first kappa shape index (κ1) is 11.2. The minimum absolute atomic E-state index is 0.686. The van der Waals surface area contributed by atoms with Crippen LogP contribution in [0.5, 0.6) is 0 Å². The molecule has 1 N–H and O–H groups in total. The van der Waals surface area contributed by atoms with E-state index in [1.807, 2.05) is 7.05 Å². The predicted octanol–water partition coefficient (Wildman–Crippen LogP) is 3.33. The summed E-state index contributed by atoms with van der Waals surface area (Å²) in [7, 11) is 2.04. The molecular weight excluding hydrogens is 250 g/mol. The molecule has 0 heterocycles. The number of rotatable bonds is 2. The minimum atomic E-state index is 0.686. The topological polar surface area (TPSA) is 12.0 Å². The van der Waals surface area contributed by atoms with Gasteiger partial charge >= 0.3 is 0 Å². The Hall–Kier alpha value is -0.340. The molecule has 0 radical (unpaired) electrons. The lowest BCUT2D eigenvalue weighted by Crippen LogP contribution is -2.25. The molecule has 0 spiro atoms. The Labute approximate surface area is 100 Å². The third-order valence-corrected chi connectivity index (χ3v) is 4.03. The van der Waals surface area contributed by atoms with Crippen molar-refractivity contribution in [3.8, 4) is 0 Å². The average Bonchev–Trinajstić information content (AvgIpc) is 2.20. The number of nitrogens with one attached hydrogen (secondary N) is 1. The highest BCUT2D eigenvalue weighted by molar-refractivity contribution is 9.10. The molecule has 0 saturated heterocycles. The summed E-state index contributed by atoms with van der Waals surface area (Å²) in [6.45, 7) is 3.44. The predicted molar refractivity (Wildman–Crippen MR) is 68.3 cm³/mol. The average molecular weight is 268 g/mol. The second kappa shape index (κ2) is 4.67. The molecule has 1 aromatic rings. The largest absolute Gasteiger partial charge is 0.319 e. The smallest absolute Gasteiger partial charge is 0.0210 e. The Balaban J connectivity index is 2.37. The number of halogens is 1. The first-order valence-corrected chi connectivity index (χ1v) is 6.43. The SMILES string of the molecule is CNCC1CC(C)Cc2c(Br)cccc21. The van der Waals surface area contributed by atoms with Crippen molar-refractivity contribution in [2.45, 2.75) is 25.7 Å². The Morgan fingerprint density at radius 3 is 3.00 bits per heavy atom. The molecule has 0 bridgehead atoms. The lowest BCUT2D eigenvalue weighted by Gasteiger charge is -2.30. The minimum Gasteiger partial charge on any atom is -0.319 e. The van der Waals surface area contributed by atoms with E-state index in [-0.39, 0.29) is 0 Å². The van der Waals surface area contributed by atoms with Crippen molar-refractivity contribution in [1.29, 1.82) is 0 Å². The van der Waals surface area contributed by atoms with Gasteiger partial charge in [-0.05, 0) is 48.9 Å². The summed E-state index contributed by atoms with van der Waals surface area (Å²) in [5, 5.41) is 3.30. The van der Waals surface area contributed by atoms with Crippen LogP contribution in [0.4, 0.5) is 0 Å². The lowest BCUT2D eigenvalue weighted by molar-refractivity contribution is 0.421. The van der Waals surface area contributed by atoms with Crippen LogP contribution < -0.4 is 5.32 Å². The number of benzene rings is 1. The van der Waals surface area contributed by atoms with Gasteiger partial charge in [-0.25, -0.2) is 0 Å². The molecule has 0 fully saturated rings. The molecule has 0 aliphatic heterocycles. The fourth-order valence-corrected chi connectivity index (χ4v) is 3.20. The normalized spacial score (nSPS) is 25.0. The van der Waals surface area contributed by atoms with Crippen molar-refractivity contribution in [2.75, 3.05) is 13.6 Å². The van der Waals surface area contributed by atoms with Gasteiger partial charge in [0.2, 0.25) is 0 Å². The van der Waals surface area contributed by atoms with Crippen LogP contribution in [-0.4, -0.2) is 13.6 Å². The van der Waals surface area contributed by atoms with Crippen molar-refractivity contribution in [3.05, 3.63) is 33.8 Å². The third-order valence-electron chi connectivity index (χ3n) is 3.28. The monoisotopic (exact) mass is 267 g/mol. The molecule has 2 unspecified atom stereocenters. The summed E-state index contributed by atoms with van der Waals surface area (Å²) < 4.78 is 1.28. The molecule has 1 aliphatic rings. The standard InChI is InChI=1S/C13H18BrN/c1-9-6-10(8-15-2)11-4-3-5-13(14)12(11)7-9/h3-5,9-10,15H,6-8H2,1-2H3. The summed E-state index contributed by atoms with van der Waals surface area (Å²) in [4.78, 5) is 0. The van der Waals surface area contributed by atoms with E-state index in [9.17, 15) is 0 Å². The van der Waals surface area contributed by atoms with Crippen molar-refractivity contribution >= 4 is 15.9 Å². The zero-order chi connectivity index (χ0) is 10.8. The van der Waals surface area contributed by atoms with Gasteiger partial charge in [0.15, 0.2) is 0 Å². The molecule has 0 amide bonds. The summed E-state index contributed by atoms with van der Waals surface area (Å²) >= 11 is 3.67. The van der Waals surface area contributed by atoms with E-state index in [0.717, 1.165) is 12.5 Å². The van der Waals surface area contributed by atoms with Gasteiger partial charge in [0.05, 0.1) is 0 Å². The van der Waals surface area contributed by atoms with Crippen LogP contribution in [0.3, 0.4) is 0 Å². The molecule has 2 rings (SSSR count). The van der Waals surface area contributed by atoms with Gasteiger partial charge in [0.25, 0.3) is 0 Å². The van der Waals surface area contributed by atoms with E-state index in [0.29, 0.717) is 5.92 Å². The maximum Gasteiger partial charge on any atom is 0.0210 e. The van der Waals surface area contributed by atoms with Crippen LogP contribution in [-0.2, 0) is 6.42 Å². The van der Waals surface area contributed by atoms with E-state index in [4.69, 9.17) is 0 Å². The third kappa shape index (κ3) is 2.26. The van der Waals surface area contributed by atoms with E-state index < -0.39 is 0 Å². The molecule has 0 aromatic heterocycles. The highest BCUT2D eigenvalue weighted by atomic mass is 79.9. The van der Waals surface area contributed by atoms with Crippen molar-refractivity contribution < 1.29 is 0 Å². The van der Waals surface area contributed by atoms with Crippen molar-refractivity contribution in [1.82, 2.24) is 5.32 Å². The summed E-state index contributed by atoms with van der Waals surface area (Å²) in [5.74, 6) is 1.49. The Kier molecular flexibility index (Phi) is 3.47. The molecule has 2 heteroatoms. The van der Waals surface area contributed by atoms with Gasteiger partial charge in [0, 0.05) is 11.0 Å². The lowest BCUT2D eigenvalue weighted by atomic mass is 9.77. The summed E-state index contributed by atoms with van der Waals surface area (Å²) in [6, 6.07) is 6.60. The fourth-order valence-electron chi connectivity index (χ4n) is 2.66. The highest BCUT2D eigenvalue weighted by Crippen LogP contribution is 2.37. The molecule has 1 nitrogen and oxygen atoms in total. The van der Waals surface area contributed by atoms with Gasteiger partial charge in [-0.1, -0.05) is 35.0 Å². The van der Waals surface area contributed by atoms with E-state index >= 15 is 0 Å². The maximum absolute atomic E-state index is 3.67. The molecule has 1 aromatic carbocycles. The van der Waals surface area contributed by atoms with Gasteiger partial charge in [-0.2, -0.15) is 0 Å². The molecule has 82 valence electrons. The first-order chi connectivity index (χ1) is 7.22. The van der Waals surface area contributed by atoms with E-state index in [2.05, 4.69) is 46.4 Å². The van der Waals surface area contributed by atoms with Crippen LogP contribution in [0.1, 0.15) is 30.4 Å². The summed E-state index contributed by atoms with van der Waals surface area (Å²) in [6.07, 6.45) is 2.53. The zero-order valence-corrected chi connectivity index (χ0v) is 11.0. The zero-order valence-electron chi connectivity index (χ0n) is 9.39. The van der Waals surface area contributed by atoms with Gasteiger partial charge in [-0.15, -0.1) is 0 Å². The highest BCUT2D eigenvalue weighted by Gasteiger charge is 2.25. The van der Waals surface area contributed by atoms with Gasteiger partial charge in [-0.3, -0.25) is 0 Å². The molecule has 1 aliphatic carbocycles. The Morgan fingerprint density at radius 2 is 2.27 bits per heavy atom. The number of hydrogen-bond acceptors (Lipinski definition) is 1. The van der Waals surface area contributed by atoms with Crippen LogP contribution >= 0.6 is 15.9 Å². The first-order valence-electron chi connectivity index (χ1n) is 5.64. The molecule has 2 atom stereocenters.